The van der Waals surface area contributed by atoms with Gasteiger partial charge in [0.15, 0.2) is 0 Å². The van der Waals surface area contributed by atoms with Crippen molar-refractivity contribution in [2.45, 2.75) is 56.8 Å². The molecule has 2 aliphatic heterocycles. The van der Waals surface area contributed by atoms with E-state index in [4.69, 9.17) is 11.6 Å². The molecule has 25 heavy (non-hydrogen) atoms. The van der Waals surface area contributed by atoms with E-state index in [0.29, 0.717) is 22.7 Å². The normalized spacial score (nSPS) is 26.4. The highest BCUT2D eigenvalue weighted by molar-refractivity contribution is 7.09. The molecule has 2 aromatic rings. The Morgan fingerprint density at radius 2 is 2.00 bits per heavy atom. The summed E-state index contributed by atoms with van der Waals surface area (Å²) < 4.78 is 0. The molecule has 2 bridgehead atoms. The minimum atomic E-state index is -0.00252. The Kier molecular flexibility index (Phi) is 5.11. The lowest BCUT2D eigenvalue weighted by atomic mass is 9.81. The van der Waals surface area contributed by atoms with Gasteiger partial charge in [-0.3, -0.25) is 9.69 Å². The van der Waals surface area contributed by atoms with Crippen molar-refractivity contribution in [3.8, 4) is 0 Å². The van der Waals surface area contributed by atoms with Gasteiger partial charge in [-0.15, -0.1) is 11.3 Å². The van der Waals surface area contributed by atoms with Crippen molar-refractivity contribution in [1.82, 2.24) is 10.2 Å². The van der Waals surface area contributed by atoms with Crippen LogP contribution in [0, 0.1) is 0 Å². The van der Waals surface area contributed by atoms with Crippen LogP contribution in [-0.4, -0.2) is 28.9 Å². The van der Waals surface area contributed by atoms with Crippen LogP contribution in [0.25, 0.3) is 0 Å². The number of piperidine rings is 2. The van der Waals surface area contributed by atoms with Crippen molar-refractivity contribution < 1.29 is 4.79 Å². The minimum absolute atomic E-state index is 0.00252. The van der Waals surface area contributed by atoms with Crippen molar-refractivity contribution in [2.75, 3.05) is 0 Å². The standard InChI is InChI=1S/C20H23ClN2OS/c21-15-5-1-4-14(10-15)20(24)22-16-11-17-6-2-7-18(12-16)23(17)13-19-8-3-9-25-19/h1,3-5,8-10,16-18H,2,6-7,11-13H2,(H,22,24)/t16?,17-,18+. The van der Waals surface area contributed by atoms with E-state index in [0.717, 1.165) is 19.4 Å². The van der Waals surface area contributed by atoms with Crippen LogP contribution in [-0.2, 0) is 6.54 Å². The molecule has 4 rings (SSSR count). The number of halogens is 1. The van der Waals surface area contributed by atoms with Gasteiger partial charge in [-0.1, -0.05) is 30.2 Å². The van der Waals surface area contributed by atoms with Crippen molar-refractivity contribution in [3.05, 3.63) is 57.2 Å². The van der Waals surface area contributed by atoms with E-state index in [-0.39, 0.29) is 11.9 Å². The number of nitrogens with zero attached hydrogens (tertiary/aromatic N) is 1. The van der Waals surface area contributed by atoms with E-state index >= 15 is 0 Å². The molecule has 3 heterocycles. The van der Waals surface area contributed by atoms with E-state index in [2.05, 4.69) is 27.7 Å². The van der Waals surface area contributed by atoms with Crippen LogP contribution in [0.3, 0.4) is 0 Å². The molecule has 2 saturated heterocycles. The van der Waals surface area contributed by atoms with Crippen molar-refractivity contribution >= 4 is 28.8 Å². The number of fused-ring (bicyclic) bond motifs is 2. The van der Waals surface area contributed by atoms with Crippen LogP contribution in [0.5, 0.6) is 0 Å². The van der Waals surface area contributed by atoms with Crippen LogP contribution in [0.1, 0.15) is 47.3 Å². The summed E-state index contributed by atoms with van der Waals surface area (Å²) in [6.07, 6.45) is 5.89. The summed E-state index contributed by atoms with van der Waals surface area (Å²) in [5.41, 5.74) is 0.652. The lowest BCUT2D eigenvalue weighted by Gasteiger charge is -2.49. The summed E-state index contributed by atoms with van der Waals surface area (Å²) in [4.78, 5) is 16.7. The molecule has 1 aromatic carbocycles. The van der Waals surface area contributed by atoms with Gasteiger partial charge in [-0.05, 0) is 55.3 Å². The molecule has 5 heteroatoms. The molecule has 1 aromatic heterocycles. The van der Waals surface area contributed by atoms with Gasteiger partial charge in [0.25, 0.3) is 5.91 Å². The monoisotopic (exact) mass is 374 g/mol. The lowest BCUT2D eigenvalue weighted by molar-refractivity contribution is 0.0184. The first-order chi connectivity index (χ1) is 12.2. The van der Waals surface area contributed by atoms with Gasteiger partial charge in [-0.25, -0.2) is 0 Å². The summed E-state index contributed by atoms with van der Waals surface area (Å²) in [7, 11) is 0. The summed E-state index contributed by atoms with van der Waals surface area (Å²) in [5.74, 6) is -0.00252. The summed E-state index contributed by atoms with van der Waals surface area (Å²) in [5, 5.41) is 6.01. The second-order valence-electron chi connectivity index (χ2n) is 7.14. The maximum atomic E-state index is 12.5. The Labute approximate surface area is 158 Å². The van der Waals surface area contributed by atoms with Crippen LogP contribution in [0.15, 0.2) is 41.8 Å². The van der Waals surface area contributed by atoms with Gasteiger partial charge < -0.3 is 5.32 Å². The Morgan fingerprint density at radius 1 is 1.20 bits per heavy atom. The van der Waals surface area contributed by atoms with Crippen LogP contribution in [0.4, 0.5) is 0 Å². The van der Waals surface area contributed by atoms with Crippen LogP contribution >= 0.6 is 22.9 Å². The predicted octanol–water partition coefficient (Wildman–Crippen LogP) is 4.72. The van der Waals surface area contributed by atoms with E-state index in [1.165, 1.54) is 24.1 Å². The Hall–Kier alpha value is -1.36. The van der Waals surface area contributed by atoms with Gasteiger partial charge in [0.05, 0.1) is 0 Å². The zero-order valence-electron chi connectivity index (χ0n) is 14.2. The molecule has 1 N–H and O–H groups in total. The fourth-order valence-corrected chi connectivity index (χ4v) is 5.24. The smallest absolute Gasteiger partial charge is 0.251 e. The van der Waals surface area contributed by atoms with Crippen molar-refractivity contribution in [3.63, 3.8) is 0 Å². The average molecular weight is 375 g/mol. The molecule has 0 aliphatic carbocycles. The Balaban J connectivity index is 1.42. The van der Waals surface area contributed by atoms with Crippen molar-refractivity contribution in [1.29, 1.82) is 0 Å². The van der Waals surface area contributed by atoms with Gasteiger partial charge in [0, 0.05) is 40.1 Å². The molecule has 2 aliphatic rings. The molecule has 1 amide bonds. The SMILES string of the molecule is O=C(NC1C[C@H]2CCC[C@@H](C1)N2Cc1cccs1)c1cccc(Cl)c1. The molecule has 3 atom stereocenters. The van der Waals surface area contributed by atoms with Crippen molar-refractivity contribution in [2.24, 2.45) is 0 Å². The number of amides is 1. The number of carbonyl (C=O) groups is 1. The van der Waals surface area contributed by atoms with E-state index in [9.17, 15) is 4.79 Å². The highest BCUT2D eigenvalue weighted by Gasteiger charge is 2.38. The largest absolute Gasteiger partial charge is 0.349 e. The van der Waals surface area contributed by atoms with Crippen LogP contribution in [0.2, 0.25) is 5.02 Å². The second kappa shape index (κ2) is 7.48. The second-order valence-corrected chi connectivity index (χ2v) is 8.61. The number of hydrogen-bond donors (Lipinski definition) is 1. The molecule has 0 saturated carbocycles. The summed E-state index contributed by atoms with van der Waals surface area (Å²) in [6.45, 7) is 1.06. The summed E-state index contributed by atoms with van der Waals surface area (Å²) >= 11 is 7.85. The number of hydrogen-bond acceptors (Lipinski definition) is 3. The number of rotatable bonds is 4. The molecule has 0 radical (unpaired) electrons. The quantitative estimate of drug-likeness (QED) is 0.839. The van der Waals surface area contributed by atoms with Gasteiger partial charge in [0.2, 0.25) is 0 Å². The third-order valence-corrected chi connectivity index (χ3v) is 6.56. The topological polar surface area (TPSA) is 32.3 Å². The molecule has 132 valence electrons. The Morgan fingerprint density at radius 3 is 2.68 bits per heavy atom. The third kappa shape index (κ3) is 3.91. The number of thiophene rings is 1. The molecule has 0 spiro atoms. The maximum absolute atomic E-state index is 12.5. The highest BCUT2D eigenvalue weighted by atomic mass is 35.5. The highest BCUT2D eigenvalue weighted by Crippen LogP contribution is 2.35. The molecule has 3 nitrogen and oxygen atoms in total. The molecular formula is C20H23ClN2OS. The molecule has 2 fully saturated rings. The fourth-order valence-electron chi connectivity index (χ4n) is 4.34. The van der Waals surface area contributed by atoms with Crippen LogP contribution < -0.4 is 5.32 Å². The van der Waals surface area contributed by atoms with E-state index in [1.54, 1.807) is 12.1 Å². The molecule has 1 unspecified atom stereocenters. The minimum Gasteiger partial charge on any atom is -0.349 e. The number of nitrogens with one attached hydrogen (secondary N) is 1. The van der Waals surface area contributed by atoms with E-state index in [1.807, 2.05) is 23.5 Å². The maximum Gasteiger partial charge on any atom is 0.251 e. The first kappa shape index (κ1) is 17.1. The predicted molar refractivity (Wildman–Crippen MR) is 103 cm³/mol. The molecular weight excluding hydrogens is 352 g/mol. The zero-order chi connectivity index (χ0) is 17.2. The summed E-state index contributed by atoms with van der Waals surface area (Å²) in [6, 6.07) is 13.0. The third-order valence-electron chi connectivity index (χ3n) is 5.47. The fraction of sp³-hybridized carbons (Fsp3) is 0.450. The zero-order valence-corrected chi connectivity index (χ0v) is 15.7. The first-order valence-corrected chi connectivity index (χ1v) is 10.3. The number of carbonyl (C=O) groups excluding carboxylic acids is 1. The Bertz CT molecular complexity index is 719. The average Bonchev–Trinajstić information content (AvgIpc) is 3.08. The number of benzene rings is 1. The van der Waals surface area contributed by atoms with Gasteiger partial charge >= 0.3 is 0 Å². The van der Waals surface area contributed by atoms with Gasteiger partial charge in [-0.2, -0.15) is 0 Å². The lowest BCUT2D eigenvalue weighted by Crippen LogP contribution is -2.56. The van der Waals surface area contributed by atoms with Gasteiger partial charge in [0.1, 0.15) is 0 Å². The first-order valence-electron chi connectivity index (χ1n) is 9.03. The van der Waals surface area contributed by atoms with E-state index < -0.39 is 0 Å².